The van der Waals surface area contributed by atoms with Crippen LogP contribution in [0, 0.1) is 0 Å². The number of hydrogen-bond donors (Lipinski definition) is 2. The van der Waals surface area contributed by atoms with Crippen molar-refractivity contribution in [1.29, 1.82) is 0 Å². The zero-order valence-corrected chi connectivity index (χ0v) is 10.3. The Morgan fingerprint density at radius 1 is 1.38 bits per heavy atom. The summed E-state index contributed by atoms with van der Waals surface area (Å²) in [6, 6.07) is 6.05. The van der Waals surface area contributed by atoms with Crippen molar-refractivity contribution in [2.24, 2.45) is 0 Å². The van der Waals surface area contributed by atoms with E-state index in [0.717, 1.165) is 12.0 Å². The number of aromatic hydroxyl groups is 1. The molecule has 90 valence electrons. The van der Waals surface area contributed by atoms with Crippen LogP contribution < -0.4 is 10.1 Å². The highest BCUT2D eigenvalue weighted by atomic mass is 16.5. The van der Waals surface area contributed by atoms with Crippen molar-refractivity contribution in [1.82, 2.24) is 5.32 Å². The molecule has 1 rings (SSSR count). The van der Waals surface area contributed by atoms with Gasteiger partial charge >= 0.3 is 0 Å². The summed E-state index contributed by atoms with van der Waals surface area (Å²) in [7, 11) is 0. The van der Waals surface area contributed by atoms with Crippen molar-refractivity contribution >= 4 is 0 Å². The predicted molar refractivity (Wildman–Crippen MR) is 65.9 cm³/mol. The summed E-state index contributed by atoms with van der Waals surface area (Å²) in [5, 5.41) is 13.3. The molecule has 1 aromatic rings. The van der Waals surface area contributed by atoms with E-state index in [9.17, 15) is 5.11 Å². The molecule has 2 N–H and O–H groups in total. The molecule has 0 aliphatic rings. The lowest BCUT2D eigenvalue weighted by Crippen LogP contribution is -2.24. The molecule has 3 nitrogen and oxygen atoms in total. The van der Waals surface area contributed by atoms with E-state index in [0.29, 0.717) is 24.9 Å². The van der Waals surface area contributed by atoms with Crippen LogP contribution in [-0.4, -0.2) is 17.8 Å². The van der Waals surface area contributed by atoms with Crippen LogP contribution in [0.5, 0.6) is 11.5 Å². The first-order chi connectivity index (χ1) is 7.69. The van der Waals surface area contributed by atoms with Gasteiger partial charge in [-0.2, -0.15) is 0 Å². The SMILES string of the molecule is CCOc1cccc(CN[C@@H](C)CC)c1O. The molecule has 3 heteroatoms. The zero-order chi connectivity index (χ0) is 12.0. The molecule has 0 radical (unpaired) electrons. The summed E-state index contributed by atoms with van der Waals surface area (Å²) in [6.07, 6.45) is 1.08. The van der Waals surface area contributed by atoms with Crippen molar-refractivity contribution in [3.05, 3.63) is 23.8 Å². The van der Waals surface area contributed by atoms with E-state index in [1.165, 1.54) is 0 Å². The van der Waals surface area contributed by atoms with Gasteiger partial charge in [-0.25, -0.2) is 0 Å². The van der Waals surface area contributed by atoms with E-state index >= 15 is 0 Å². The van der Waals surface area contributed by atoms with Crippen LogP contribution in [0.2, 0.25) is 0 Å². The normalized spacial score (nSPS) is 12.4. The highest BCUT2D eigenvalue weighted by Crippen LogP contribution is 2.29. The molecule has 0 aliphatic carbocycles. The summed E-state index contributed by atoms with van der Waals surface area (Å²) < 4.78 is 5.33. The van der Waals surface area contributed by atoms with Crippen molar-refractivity contribution in [2.75, 3.05) is 6.61 Å². The van der Waals surface area contributed by atoms with Gasteiger partial charge in [0.25, 0.3) is 0 Å². The van der Waals surface area contributed by atoms with Gasteiger partial charge in [0.2, 0.25) is 0 Å². The Hall–Kier alpha value is -1.22. The molecule has 0 unspecified atom stereocenters. The van der Waals surface area contributed by atoms with Crippen LogP contribution >= 0.6 is 0 Å². The summed E-state index contributed by atoms with van der Waals surface area (Å²) in [5.41, 5.74) is 0.881. The molecular weight excluding hydrogens is 202 g/mol. The Kier molecular flexibility index (Phi) is 5.12. The molecule has 1 aromatic carbocycles. The molecular formula is C13H21NO2. The standard InChI is InChI=1S/C13H21NO2/c1-4-10(3)14-9-11-7-6-8-12(13(11)15)16-5-2/h6-8,10,14-15H,4-5,9H2,1-3H3/t10-/m0/s1. The summed E-state index contributed by atoms with van der Waals surface area (Å²) in [4.78, 5) is 0. The second kappa shape index (κ2) is 6.38. The van der Waals surface area contributed by atoms with Crippen molar-refractivity contribution in [3.8, 4) is 11.5 Å². The minimum Gasteiger partial charge on any atom is -0.504 e. The Bertz CT molecular complexity index is 326. The minimum absolute atomic E-state index is 0.250. The van der Waals surface area contributed by atoms with Gasteiger partial charge in [-0.05, 0) is 26.3 Å². The number of nitrogens with one attached hydrogen (secondary N) is 1. The molecule has 0 heterocycles. The summed E-state index contributed by atoms with van der Waals surface area (Å²) in [6.45, 7) is 7.40. The smallest absolute Gasteiger partial charge is 0.162 e. The van der Waals surface area contributed by atoms with E-state index in [2.05, 4.69) is 19.2 Å². The fraction of sp³-hybridized carbons (Fsp3) is 0.538. The van der Waals surface area contributed by atoms with Gasteiger partial charge < -0.3 is 15.2 Å². The van der Waals surface area contributed by atoms with Gasteiger partial charge in [0, 0.05) is 18.2 Å². The fourth-order valence-corrected chi connectivity index (χ4v) is 1.41. The average Bonchev–Trinajstić information content (AvgIpc) is 2.30. The van der Waals surface area contributed by atoms with E-state index in [1.54, 1.807) is 6.07 Å². The molecule has 0 saturated carbocycles. The molecule has 16 heavy (non-hydrogen) atoms. The molecule has 0 amide bonds. The second-order valence-corrected chi connectivity index (χ2v) is 3.89. The van der Waals surface area contributed by atoms with Gasteiger partial charge in [0.15, 0.2) is 11.5 Å². The molecule has 0 saturated heterocycles. The lowest BCUT2D eigenvalue weighted by molar-refractivity contribution is 0.316. The monoisotopic (exact) mass is 223 g/mol. The first kappa shape index (κ1) is 12.8. The zero-order valence-electron chi connectivity index (χ0n) is 10.3. The number of hydrogen-bond acceptors (Lipinski definition) is 3. The summed E-state index contributed by atoms with van der Waals surface area (Å²) >= 11 is 0. The Labute approximate surface area is 97.4 Å². The van der Waals surface area contributed by atoms with E-state index < -0.39 is 0 Å². The van der Waals surface area contributed by atoms with E-state index in [-0.39, 0.29) is 5.75 Å². The van der Waals surface area contributed by atoms with E-state index in [4.69, 9.17) is 4.74 Å². The molecule has 0 spiro atoms. The number of benzene rings is 1. The van der Waals surface area contributed by atoms with Crippen LogP contribution in [0.3, 0.4) is 0 Å². The van der Waals surface area contributed by atoms with E-state index in [1.807, 2.05) is 19.1 Å². The Morgan fingerprint density at radius 3 is 2.75 bits per heavy atom. The van der Waals surface area contributed by atoms with Gasteiger partial charge in [-0.3, -0.25) is 0 Å². The third-order valence-electron chi connectivity index (χ3n) is 2.64. The first-order valence-corrected chi connectivity index (χ1v) is 5.86. The minimum atomic E-state index is 0.250. The summed E-state index contributed by atoms with van der Waals surface area (Å²) in [5.74, 6) is 0.811. The number of para-hydroxylation sites is 1. The van der Waals surface area contributed by atoms with Gasteiger partial charge in [-0.1, -0.05) is 19.1 Å². The van der Waals surface area contributed by atoms with Crippen molar-refractivity contribution in [3.63, 3.8) is 0 Å². The van der Waals surface area contributed by atoms with Gasteiger partial charge in [0.1, 0.15) is 0 Å². The maximum absolute atomic E-state index is 9.94. The van der Waals surface area contributed by atoms with Crippen LogP contribution in [0.15, 0.2) is 18.2 Å². The Morgan fingerprint density at radius 2 is 2.12 bits per heavy atom. The van der Waals surface area contributed by atoms with Crippen LogP contribution in [0.4, 0.5) is 0 Å². The lowest BCUT2D eigenvalue weighted by Gasteiger charge is -2.14. The maximum atomic E-state index is 9.94. The fourth-order valence-electron chi connectivity index (χ4n) is 1.41. The maximum Gasteiger partial charge on any atom is 0.162 e. The van der Waals surface area contributed by atoms with Gasteiger partial charge in [-0.15, -0.1) is 0 Å². The topological polar surface area (TPSA) is 41.5 Å². The quantitative estimate of drug-likeness (QED) is 0.779. The third-order valence-corrected chi connectivity index (χ3v) is 2.64. The molecule has 0 aliphatic heterocycles. The predicted octanol–water partition coefficient (Wildman–Crippen LogP) is 2.68. The first-order valence-electron chi connectivity index (χ1n) is 5.86. The average molecular weight is 223 g/mol. The van der Waals surface area contributed by atoms with Crippen LogP contribution in [0.1, 0.15) is 32.8 Å². The van der Waals surface area contributed by atoms with Crippen molar-refractivity contribution in [2.45, 2.75) is 39.8 Å². The molecule has 0 bridgehead atoms. The molecule has 1 atom stereocenters. The number of rotatable bonds is 6. The second-order valence-electron chi connectivity index (χ2n) is 3.89. The Balaban J connectivity index is 2.69. The number of phenols is 1. The van der Waals surface area contributed by atoms with Gasteiger partial charge in [0.05, 0.1) is 6.61 Å². The number of ether oxygens (including phenoxy) is 1. The highest BCUT2D eigenvalue weighted by molar-refractivity contribution is 5.45. The largest absolute Gasteiger partial charge is 0.504 e. The lowest BCUT2D eigenvalue weighted by atomic mass is 10.1. The molecule has 0 aromatic heterocycles. The number of phenolic OH excluding ortho intramolecular Hbond substituents is 1. The van der Waals surface area contributed by atoms with Crippen LogP contribution in [-0.2, 0) is 6.54 Å². The van der Waals surface area contributed by atoms with Crippen molar-refractivity contribution < 1.29 is 9.84 Å². The highest BCUT2D eigenvalue weighted by Gasteiger charge is 2.08. The third kappa shape index (κ3) is 3.42. The van der Waals surface area contributed by atoms with Crippen LogP contribution in [0.25, 0.3) is 0 Å². The molecule has 0 fully saturated rings.